The van der Waals surface area contributed by atoms with Crippen molar-refractivity contribution in [3.05, 3.63) is 24.3 Å². The Labute approximate surface area is 75.7 Å². The van der Waals surface area contributed by atoms with Crippen LogP contribution < -0.4 is 10.0 Å². The van der Waals surface area contributed by atoms with Crippen molar-refractivity contribution in [2.24, 2.45) is 0 Å². The number of hydrogen-bond donors (Lipinski definition) is 2. The van der Waals surface area contributed by atoms with Gasteiger partial charge in [0.15, 0.2) is 0 Å². The molecule has 0 unspecified atom stereocenters. The average Bonchev–Trinajstić information content (AvgIpc) is 2.15. The van der Waals surface area contributed by atoms with Gasteiger partial charge in [0.2, 0.25) is 6.41 Å². The maximum atomic E-state index is 9.96. The Morgan fingerprint density at radius 2 is 2.00 bits per heavy atom. The van der Waals surface area contributed by atoms with Crippen LogP contribution in [0, 0.1) is 0 Å². The third-order valence-electron chi connectivity index (χ3n) is 1.37. The summed E-state index contributed by atoms with van der Waals surface area (Å²) in [5.41, 5.74) is 1.06. The molecule has 0 spiro atoms. The number of nitrogens with one attached hydrogen (secondary N) is 2. The van der Waals surface area contributed by atoms with E-state index in [1.165, 1.54) is 11.9 Å². The summed E-state index contributed by atoms with van der Waals surface area (Å²) in [6.07, 6.45) is 0.663. The van der Waals surface area contributed by atoms with E-state index in [1.807, 2.05) is 31.3 Å². The average molecular weight is 182 g/mol. The first kappa shape index (κ1) is 8.93. The molecule has 0 aliphatic heterocycles. The lowest BCUT2D eigenvalue weighted by atomic mass is 10.3. The molecule has 0 aliphatic rings. The van der Waals surface area contributed by atoms with Crippen molar-refractivity contribution in [2.45, 2.75) is 4.90 Å². The fourth-order valence-electron chi connectivity index (χ4n) is 0.782. The lowest BCUT2D eigenvalue weighted by Crippen LogP contribution is -1.96. The molecule has 1 aromatic carbocycles. The van der Waals surface area contributed by atoms with Gasteiger partial charge in [-0.05, 0) is 36.2 Å². The third kappa shape index (κ3) is 2.47. The number of rotatable bonds is 4. The van der Waals surface area contributed by atoms with Crippen molar-refractivity contribution >= 4 is 24.0 Å². The van der Waals surface area contributed by atoms with Crippen molar-refractivity contribution in [3.8, 4) is 0 Å². The molecule has 0 saturated heterocycles. The minimum absolute atomic E-state index is 0.663. The highest BCUT2D eigenvalue weighted by Crippen LogP contribution is 2.16. The molecule has 3 nitrogen and oxygen atoms in total. The SMILES string of the molecule is CNc1ccc(SNC=O)cc1. The summed E-state index contributed by atoms with van der Waals surface area (Å²) in [5, 5.41) is 3.01. The summed E-state index contributed by atoms with van der Waals surface area (Å²) >= 11 is 1.29. The van der Waals surface area contributed by atoms with Gasteiger partial charge >= 0.3 is 0 Å². The van der Waals surface area contributed by atoms with E-state index in [9.17, 15) is 4.79 Å². The number of anilines is 1. The second-order valence-electron chi connectivity index (χ2n) is 2.11. The van der Waals surface area contributed by atoms with Gasteiger partial charge in [0, 0.05) is 17.6 Å². The highest BCUT2D eigenvalue weighted by atomic mass is 32.2. The summed E-state index contributed by atoms with van der Waals surface area (Å²) in [6, 6.07) is 7.78. The first-order valence-corrected chi connectivity index (χ1v) is 4.32. The standard InChI is InChI=1S/C8H10N2OS/c1-9-7-2-4-8(5-3-7)12-10-6-11/h2-6,9H,1H3,(H,10,11). The van der Waals surface area contributed by atoms with Crippen LogP contribution in [-0.4, -0.2) is 13.5 Å². The molecule has 12 heavy (non-hydrogen) atoms. The maximum absolute atomic E-state index is 9.96. The minimum atomic E-state index is 0.663. The first-order chi connectivity index (χ1) is 5.86. The van der Waals surface area contributed by atoms with Crippen LogP contribution in [0.1, 0.15) is 0 Å². The molecule has 1 aromatic rings. The number of carbonyl (C=O) groups is 1. The van der Waals surface area contributed by atoms with E-state index in [4.69, 9.17) is 0 Å². The minimum Gasteiger partial charge on any atom is -0.388 e. The van der Waals surface area contributed by atoms with Gasteiger partial charge in [-0.1, -0.05) is 0 Å². The number of carbonyl (C=O) groups excluding carboxylic acids is 1. The van der Waals surface area contributed by atoms with Gasteiger partial charge in [-0.2, -0.15) is 0 Å². The molecular formula is C8H10N2OS. The zero-order valence-corrected chi connectivity index (χ0v) is 7.52. The summed E-state index contributed by atoms with van der Waals surface area (Å²) in [5.74, 6) is 0. The van der Waals surface area contributed by atoms with Gasteiger partial charge in [-0.3, -0.25) is 9.52 Å². The van der Waals surface area contributed by atoms with Crippen LogP contribution in [0.5, 0.6) is 0 Å². The number of hydrogen-bond acceptors (Lipinski definition) is 3. The Balaban J connectivity index is 2.58. The van der Waals surface area contributed by atoms with Crippen molar-refractivity contribution in [2.75, 3.05) is 12.4 Å². The van der Waals surface area contributed by atoms with Crippen LogP contribution in [0.2, 0.25) is 0 Å². The van der Waals surface area contributed by atoms with E-state index in [1.54, 1.807) is 0 Å². The third-order valence-corrected chi connectivity index (χ3v) is 2.09. The summed E-state index contributed by atoms with van der Waals surface area (Å²) in [6.45, 7) is 0. The highest BCUT2D eigenvalue weighted by Gasteiger charge is 1.91. The van der Waals surface area contributed by atoms with Gasteiger partial charge in [0.25, 0.3) is 0 Å². The molecule has 0 atom stereocenters. The molecular weight excluding hydrogens is 172 g/mol. The van der Waals surface area contributed by atoms with Crippen LogP contribution in [0.3, 0.4) is 0 Å². The van der Waals surface area contributed by atoms with Crippen LogP contribution in [0.4, 0.5) is 5.69 Å². The van der Waals surface area contributed by atoms with Gasteiger partial charge in [0.1, 0.15) is 0 Å². The lowest BCUT2D eigenvalue weighted by molar-refractivity contribution is -0.107. The van der Waals surface area contributed by atoms with Crippen molar-refractivity contribution in [1.29, 1.82) is 0 Å². The predicted molar refractivity (Wildman–Crippen MR) is 51.0 cm³/mol. The molecule has 2 N–H and O–H groups in total. The normalized spacial score (nSPS) is 9.08. The van der Waals surface area contributed by atoms with E-state index < -0.39 is 0 Å². The van der Waals surface area contributed by atoms with E-state index in [0.29, 0.717) is 6.41 Å². The van der Waals surface area contributed by atoms with E-state index in [-0.39, 0.29) is 0 Å². The molecule has 0 aliphatic carbocycles. The zero-order valence-electron chi connectivity index (χ0n) is 6.70. The Kier molecular flexibility index (Phi) is 3.47. The molecule has 0 bridgehead atoms. The predicted octanol–water partition coefficient (Wildman–Crippen LogP) is 1.48. The summed E-state index contributed by atoms with van der Waals surface area (Å²) < 4.78 is 2.52. The summed E-state index contributed by atoms with van der Waals surface area (Å²) in [7, 11) is 1.87. The monoisotopic (exact) mass is 182 g/mol. The Bertz CT molecular complexity index is 248. The molecule has 1 amide bonds. The van der Waals surface area contributed by atoms with Crippen LogP contribution in [0.15, 0.2) is 29.2 Å². The van der Waals surface area contributed by atoms with E-state index >= 15 is 0 Å². The molecule has 0 saturated carbocycles. The number of benzene rings is 1. The van der Waals surface area contributed by atoms with Crippen molar-refractivity contribution in [1.82, 2.24) is 4.72 Å². The molecule has 0 fully saturated rings. The van der Waals surface area contributed by atoms with E-state index in [2.05, 4.69) is 10.0 Å². The van der Waals surface area contributed by atoms with Gasteiger partial charge in [-0.25, -0.2) is 0 Å². The second kappa shape index (κ2) is 4.66. The molecule has 0 radical (unpaired) electrons. The van der Waals surface area contributed by atoms with Gasteiger partial charge in [-0.15, -0.1) is 0 Å². The molecule has 4 heteroatoms. The van der Waals surface area contributed by atoms with Crippen molar-refractivity contribution < 1.29 is 4.79 Å². The molecule has 0 aromatic heterocycles. The topological polar surface area (TPSA) is 41.1 Å². The van der Waals surface area contributed by atoms with E-state index in [0.717, 1.165) is 10.6 Å². The molecule has 64 valence electrons. The van der Waals surface area contributed by atoms with Gasteiger partial charge < -0.3 is 5.32 Å². The van der Waals surface area contributed by atoms with Crippen LogP contribution >= 0.6 is 11.9 Å². The summed E-state index contributed by atoms with van der Waals surface area (Å²) in [4.78, 5) is 11.0. The molecule has 1 rings (SSSR count). The smallest absolute Gasteiger partial charge is 0.217 e. The van der Waals surface area contributed by atoms with Crippen molar-refractivity contribution in [3.63, 3.8) is 0 Å². The highest BCUT2D eigenvalue weighted by molar-refractivity contribution is 7.97. The van der Waals surface area contributed by atoms with Crippen LogP contribution in [-0.2, 0) is 4.79 Å². The fourth-order valence-corrected chi connectivity index (χ4v) is 1.24. The fraction of sp³-hybridized carbons (Fsp3) is 0.125. The molecule has 0 heterocycles. The number of amides is 1. The second-order valence-corrected chi connectivity index (χ2v) is 3.02. The Morgan fingerprint density at radius 3 is 2.50 bits per heavy atom. The Hall–Kier alpha value is -1.16. The zero-order chi connectivity index (χ0) is 8.81. The van der Waals surface area contributed by atoms with Crippen LogP contribution in [0.25, 0.3) is 0 Å². The van der Waals surface area contributed by atoms with Gasteiger partial charge in [0.05, 0.1) is 0 Å². The lowest BCUT2D eigenvalue weighted by Gasteiger charge is -2.01. The Morgan fingerprint density at radius 1 is 1.33 bits per heavy atom. The quantitative estimate of drug-likeness (QED) is 0.547. The largest absolute Gasteiger partial charge is 0.388 e. The first-order valence-electron chi connectivity index (χ1n) is 3.50. The maximum Gasteiger partial charge on any atom is 0.217 e.